The zero-order chi connectivity index (χ0) is 21.5. The van der Waals surface area contributed by atoms with E-state index >= 15 is 0 Å². The molecule has 1 spiro atoms. The van der Waals surface area contributed by atoms with E-state index in [-0.39, 0.29) is 17.4 Å². The van der Waals surface area contributed by atoms with Gasteiger partial charge in [-0.2, -0.15) is 0 Å². The Bertz CT molecular complexity index is 847. The highest BCUT2D eigenvalue weighted by atomic mass is 16.3. The number of furan rings is 1. The van der Waals surface area contributed by atoms with Gasteiger partial charge in [0.25, 0.3) is 5.91 Å². The second-order valence-corrected chi connectivity index (χ2v) is 8.71. The first-order chi connectivity index (χ1) is 15.2. The molecule has 0 radical (unpaired) electrons. The summed E-state index contributed by atoms with van der Waals surface area (Å²) in [4.78, 5) is 34.2. The van der Waals surface area contributed by atoms with E-state index in [4.69, 9.17) is 4.42 Å². The van der Waals surface area contributed by atoms with E-state index in [1.165, 1.54) is 18.2 Å². The molecule has 2 amide bonds. The Hall–Kier alpha value is -2.67. The highest BCUT2D eigenvalue weighted by molar-refractivity contribution is 5.91. The number of nitrogens with one attached hydrogen (secondary N) is 1. The van der Waals surface area contributed by atoms with Crippen molar-refractivity contribution >= 4 is 11.8 Å². The number of amides is 2. The molecule has 1 saturated heterocycles. The Balaban J connectivity index is 1.55. The van der Waals surface area contributed by atoms with E-state index in [0.717, 1.165) is 45.2 Å². The first-order valence-electron chi connectivity index (χ1n) is 11.4. The normalized spacial score (nSPS) is 20.8. The molecule has 0 atom stereocenters. The van der Waals surface area contributed by atoms with Crippen molar-refractivity contribution in [3.05, 3.63) is 54.2 Å². The van der Waals surface area contributed by atoms with Gasteiger partial charge < -0.3 is 14.6 Å². The summed E-state index contributed by atoms with van der Waals surface area (Å²) >= 11 is 0. The molecule has 4 rings (SSSR count). The van der Waals surface area contributed by atoms with Crippen LogP contribution in [0.4, 0.5) is 0 Å². The first-order valence-corrected chi connectivity index (χ1v) is 11.4. The molecule has 0 bridgehead atoms. The smallest absolute Gasteiger partial charge is 0.289 e. The molecule has 1 N–H and O–H groups in total. The van der Waals surface area contributed by atoms with Crippen molar-refractivity contribution < 1.29 is 14.0 Å². The molecular weight excluding hydrogens is 392 g/mol. The zero-order valence-electron chi connectivity index (χ0n) is 18.1. The van der Waals surface area contributed by atoms with Crippen LogP contribution in [-0.2, 0) is 11.3 Å². The maximum atomic E-state index is 12.9. The summed E-state index contributed by atoms with van der Waals surface area (Å²) in [5.41, 5.74) is 1.09. The summed E-state index contributed by atoms with van der Waals surface area (Å²) in [7, 11) is 0. The van der Waals surface area contributed by atoms with Crippen LogP contribution in [-0.4, -0.2) is 58.3 Å². The molecule has 7 heteroatoms. The number of aromatic nitrogens is 1. The van der Waals surface area contributed by atoms with Crippen LogP contribution >= 0.6 is 0 Å². The summed E-state index contributed by atoms with van der Waals surface area (Å²) in [6.07, 6.45) is 12.2. The van der Waals surface area contributed by atoms with E-state index in [9.17, 15) is 9.59 Å². The monoisotopic (exact) mass is 424 g/mol. The minimum absolute atomic E-state index is 0.0777. The number of rotatable bonds is 3. The minimum Gasteiger partial charge on any atom is -0.459 e. The van der Waals surface area contributed by atoms with Crippen LogP contribution in [0.3, 0.4) is 0 Å². The fraction of sp³-hybridized carbons (Fsp3) is 0.542. The van der Waals surface area contributed by atoms with Crippen molar-refractivity contribution in [2.45, 2.75) is 57.0 Å². The molecule has 0 aromatic carbocycles. The molecule has 1 saturated carbocycles. The van der Waals surface area contributed by atoms with Gasteiger partial charge in [-0.1, -0.05) is 19.3 Å². The topological polar surface area (TPSA) is 78.7 Å². The number of carbonyl (C=O) groups is 2. The van der Waals surface area contributed by atoms with Crippen molar-refractivity contribution in [3.8, 4) is 0 Å². The van der Waals surface area contributed by atoms with Crippen molar-refractivity contribution in [1.29, 1.82) is 0 Å². The standard InChI is InChI=1S/C24H32N4O3/c29-22-18-24(9-2-1-3-10-24)28(19-20-7-11-25-12-8-20)15-5-14-27(16-13-26-22)23(30)21-6-4-17-31-21/h4,6-8,11-12,17H,1-3,5,9-10,13-16,18-19H2,(H,26,29). The fourth-order valence-electron chi connectivity index (χ4n) is 5.02. The van der Waals surface area contributed by atoms with E-state index in [2.05, 4.69) is 27.3 Å². The third-order valence-electron chi connectivity index (χ3n) is 6.65. The summed E-state index contributed by atoms with van der Waals surface area (Å²) < 4.78 is 5.32. The van der Waals surface area contributed by atoms with Crippen LogP contribution in [0.2, 0.25) is 0 Å². The summed E-state index contributed by atoms with van der Waals surface area (Å²) in [5.74, 6) is 0.305. The summed E-state index contributed by atoms with van der Waals surface area (Å²) in [6, 6.07) is 7.52. The van der Waals surface area contributed by atoms with E-state index in [0.29, 0.717) is 31.8 Å². The van der Waals surface area contributed by atoms with Crippen molar-refractivity contribution in [3.63, 3.8) is 0 Å². The highest BCUT2D eigenvalue weighted by Crippen LogP contribution is 2.38. The fourth-order valence-corrected chi connectivity index (χ4v) is 5.02. The molecule has 166 valence electrons. The second kappa shape index (κ2) is 10.1. The van der Waals surface area contributed by atoms with Gasteiger partial charge in [-0.15, -0.1) is 0 Å². The van der Waals surface area contributed by atoms with Crippen LogP contribution in [0.25, 0.3) is 0 Å². The molecule has 7 nitrogen and oxygen atoms in total. The van der Waals surface area contributed by atoms with Gasteiger partial charge in [0.05, 0.1) is 6.26 Å². The predicted molar refractivity (Wildman–Crippen MR) is 117 cm³/mol. The molecule has 2 aromatic heterocycles. The van der Waals surface area contributed by atoms with Crippen molar-refractivity contribution in [2.24, 2.45) is 0 Å². The number of nitrogens with zero attached hydrogens (tertiary/aromatic N) is 3. The lowest BCUT2D eigenvalue weighted by molar-refractivity contribution is -0.125. The number of hydrogen-bond donors (Lipinski definition) is 1. The van der Waals surface area contributed by atoms with Gasteiger partial charge in [-0.3, -0.25) is 19.5 Å². The van der Waals surface area contributed by atoms with Gasteiger partial charge >= 0.3 is 0 Å². The van der Waals surface area contributed by atoms with Crippen LogP contribution in [0.15, 0.2) is 47.3 Å². The maximum absolute atomic E-state index is 12.9. The Kier molecular flexibility index (Phi) is 7.02. The molecule has 1 aliphatic heterocycles. The van der Waals surface area contributed by atoms with E-state index in [1.54, 1.807) is 17.0 Å². The second-order valence-electron chi connectivity index (χ2n) is 8.71. The van der Waals surface area contributed by atoms with Gasteiger partial charge in [0.15, 0.2) is 5.76 Å². The number of pyridine rings is 1. The summed E-state index contributed by atoms with van der Waals surface area (Å²) in [5, 5.41) is 3.07. The minimum atomic E-state index is -0.119. The van der Waals surface area contributed by atoms with Gasteiger partial charge in [-0.25, -0.2) is 0 Å². The lowest BCUT2D eigenvalue weighted by atomic mass is 9.77. The Morgan fingerprint density at radius 3 is 2.61 bits per heavy atom. The molecule has 2 fully saturated rings. The maximum Gasteiger partial charge on any atom is 0.289 e. The third-order valence-corrected chi connectivity index (χ3v) is 6.65. The van der Waals surface area contributed by atoms with Crippen LogP contribution < -0.4 is 5.32 Å². The van der Waals surface area contributed by atoms with Crippen molar-refractivity contribution in [2.75, 3.05) is 26.2 Å². The van der Waals surface area contributed by atoms with Gasteiger partial charge in [0.2, 0.25) is 5.91 Å². The Labute approximate surface area is 183 Å². The van der Waals surface area contributed by atoms with Gasteiger partial charge in [-0.05, 0) is 49.1 Å². The lowest BCUT2D eigenvalue weighted by Crippen LogP contribution is -2.52. The predicted octanol–water partition coefficient (Wildman–Crippen LogP) is 3.23. The zero-order valence-corrected chi connectivity index (χ0v) is 18.1. The molecule has 1 aliphatic carbocycles. The number of carbonyl (C=O) groups excluding carboxylic acids is 2. The SMILES string of the molecule is O=C1CC2(CCCCC2)N(Cc2ccncc2)CCCN(C(=O)c2ccco2)CCN1. The first kappa shape index (κ1) is 21.6. The molecule has 3 heterocycles. The van der Waals surface area contributed by atoms with Crippen LogP contribution in [0.1, 0.15) is 61.1 Å². The van der Waals surface area contributed by atoms with E-state index < -0.39 is 0 Å². The molecule has 2 aromatic rings. The van der Waals surface area contributed by atoms with E-state index in [1.807, 2.05) is 12.4 Å². The van der Waals surface area contributed by atoms with Gasteiger partial charge in [0.1, 0.15) is 0 Å². The van der Waals surface area contributed by atoms with Crippen LogP contribution in [0, 0.1) is 0 Å². The van der Waals surface area contributed by atoms with Crippen LogP contribution in [0.5, 0.6) is 0 Å². The Morgan fingerprint density at radius 1 is 1.06 bits per heavy atom. The molecule has 2 aliphatic rings. The third kappa shape index (κ3) is 5.34. The summed E-state index contributed by atoms with van der Waals surface area (Å²) in [6.45, 7) is 3.23. The highest BCUT2D eigenvalue weighted by Gasteiger charge is 2.40. The average Bonchev–Trinajstić information content (AvgIpc) is 3.32. The molecule has 0 unspecified atom stereocenters. The molecular formula is C24H32N4O3. The molecule has 31 heavy (non-hydrogen) atoms. The Morgan fingerprint density at radius 2 is 1.87 bits per heavy atom. The largest absolute Gasteiger partial charge is 0.459 e. The lowest BCUT2D eigenvalue weighted by Gasteiger charge is -2.46. The average molecular weight is 425 g/mol. The van der Waals surface area contributed by atoms with Gasteiger partial charge in [0, 0.05) is 57.1 Å². The quantitative estimate of drug-likeness (QED) is 0.818. The van der Waals surface area contributed by atoms with Crippen molar-refractivity contribution in [1.82, 2.24) is 20.1 Å². The number of hydrogen-bond acceptors (Lipinski definition) is 5.